The first-order valence-corrected chi connectivity index (χ1v) is 11.1. The van der Waals surface area contributed by atoms with Crippen molar-refractivity contribution in [1.82, 2.24) is 29.3 Å². The Bertz CT molecular complexity index is 849. The maximum atomic E-state index is 12.9. The van der Waals surface area contributed by atoms with Crippen LogP contribution >= 0.6 is 0 Å². The Morgan fingerprint density at radius 2 is 1.73 bits per heavy atom. The SMILES string of the molecule is CC(C)CN1CCN(C(=O)c2cn(-c3cc(N4CCC(C)CC4)ncn3)cn2)CC1. The van der Waals surface area contributed by atoms with Crippen LogP contribution in [0.3, 0.4) is 0 Å². The van der Waals surface area contributed by atoms with Gasteiger partial charge in [0.2, 0.25) is 0 Å². The van der Waals surface area contributed by atoms with Gasteiger partial charge in [0.25, 0.3) is 5.91 Å². The monoisotopic (exact) mass is 411 g/mol. The molecule has 162 valence electrons. The molecule has 0 unspecified atom stereocenters. The van der Waals surface area contributed by atoms with Crippen LogP contribution < -0.4 is 4.90 Å². The van der Waals surface area contributed by atoms with Crippen molar-refractivity contribution >= 4 is 11.7 Å². The van der Waals surface area contributed by atoms with Gasteiger partial charge in [0.05, 0.1) is 0 Å². The van der Waals surface area contributed by atoms with Crippen LogP contribution in [-0.2, 0) is 0 Å². The third kappa shape index (κ3) is 4.80. The highest BCUT2D eigenvalue weighted by molar-refractivity contribution is 5.92. The number of aromatic nitrogens is 4. The molecule has 0 aliphatic carbocycles. The molecule has 2 saturated heterocycles. The molecule has 1 amide bonds. The fourth-order valence-electron chi connectivity index (χ4n) is 4.26. The van der Waals surface area contributed by atoms with E-state index in [2.05, 4.69) is 45.5 Å². The Morgan fingerprint density at radius 3 is 2.43 bits per heavy atom. The molecule has 8 nitrogen and oxygen atoms in total. The van der Waals surface area contributed by atoms with Crippen LogP contribution in [0.1, 0.15) is 44.1 Å². The van der Waals surface area contributed by atoms with Crippen molar-refractivity contribution in [3.63, 3.8) is 0 Å². The van der Waals surface area contributed by atoms with Gasteiger partial charge in [-0.2, -0.15) is 0 Å². The van der Waals surface area contributed by atoms with Crippen LogP contribution in [0.25, 0.3) is 5.82 Å². The van der Waals surface area contributed by atoms with E-state index in [4.69, 9.17) is 0 Å². The first-order valence-electron chi connectivity index (χ1n) is 11.1. The molecule has 0 atom stereocenters. The summed E-state index contributed by atoms with van der Waals surface area (Å²) in [7, 11) is 0. The number of carbonyl (C=O) groups is 1. The number of hydrogen-bond donors (Lipinski definition) is 0. The van der Waals surface area contributed by atoms with E-state index in [0.717, 1.165) is 63.4 Å². The molecular weight excluding hydrogens is 378 g/mol. The molecule has 30 heavy (non-hydrogen) atoms. The van der Waals surface area contributed by atoms with Crippen molar-refractivity contribution in [1.29, 1.82) is 0 Å². The van der Waals surface area contributed by atoms with E-state index in [0.29, 0.717) is 11.6 Å². The Balaban J connectivity index is 1.41. The van der Waals surface area contributed by atoms with E-state index < -0.39 is 0 Å². The zero-order valence-corrected chi connectivity index (χ0v) is 18.4. The van der Waals surface area contributed by atoms with E-state index in [1.54, 1.807) is 18.9 Å². The molecule has 0 aromatic carbocycles. The zero-order chi connectivity index (χ0) is 21.1. The third-order valence-corrected chi connectivity index (χ3v) is 6.09. The van der Waals surface area contributed by atoms with Gasteiger partial charge >= 0.3 is 0 Å². The number of piperidine rings is 1. The lowest BCUT2D eigenvalue weighted by molar-refractivity contribution is 0.0618. The van der Waals surface area contributed by atoms with Crippen molar-refractivity contribution in [2.24, 2.45) is 11.8 Å². The van der Waals surface area contributed by atoms with Gasteiger partial charge in [0.1, 0.15) is 30.0 Å². The minimum absolute atomic E-state index is 0.00255. The van der Waals surface area contributed by atoms with Crippen LogP contribution in [0.5, 0.6) is 0 Å². The molecule has 2 fully saturated rings. The predicted octanol–water partition coefficient (Wildman–Crippen LogP) is 2.31. The summed E-state index contributed by atoms with van der Waals surface area (Å²) in [6.07, 6.45) is 7.43. The van der Waals surface area contributed by atoms with E-state index in [9.17, 15) is 4.79 Å². The Morgan fingerprint density at radius 1 is 1.03 bits per heavy atom. The number of imidazole rings is 1. The zero-order valence-electron chi connectivity index (χ0n) is 18.4. The minimum Gasteiger partial charge on any atom is -0.356 e. The maximum absolute atomic E-state index is 12.9. The highest BCUT2D eigenvalue weighted by Gasteiger charge is 2.24. The van der Waals surface area contributed by atoms with Crippen LogP contribution in [0.4, 0.5) is 5.82 Å². The van der Waals surface area contributed by atoms with Gasteiger partial charge < -0.3 is 9.80 Å². The molecule has 0 radical (unpaired) electrons. The van der Waals surface area contributed by atoms with Crippen molar-refractivity contribution in [2.45, 2.75) is 33.6 Å². The van der Waals surface area contributed by atoms with E-state index in [1.807, 2.05) is 15.5 Å². The molecule has 0 bridgehead atoms. The molecular formula is C22H33N7O. The Kier molecular flexibility index (Phi) is 6.32. The van der Waals surface area contributed by atoms with Crippen molar-refractivity contribution in [2.75, 3.05) is 50.7 Å². The van der Waals surface area contributed by atoms with Gasteiger partial charge in [0, 0.05) is 58.1 Å². The molecule has 4 heterocycles. The Labute approximate surface area is 178 Å². The smallest absolute Gasteiger partial charge is 0.274 e. The topological polar surface area (TPSA) is 70.4 Å². The molecule has 0 N–H and O–H groups in total. The quantitative estimate of drug-likeness (QED) is 0.752. The summed E-state index contributed by atoms with van der Waals surface area (Å²) in [5, 5.41) is 0. The normalized spacial score (nSPS) is 18.9. The molecule has 0 spiro atoms. The summed E-state index contributed by atoms with van der Waals surface area (Å²) in [6, 6.07) is 1.98. The Hall–Kier alpha value is -2.48. The van der Waals surface area contributed by atoms with Crippen LogP contribution in [-0.4, -0.2) is 81.0 Å². The molecule has 4 rings (SSSR count). The number of anilines is 1. The molecule has 0 saturated carbocycles. The van der Waals surface area contributed by atoms with Gasteiger partial charge in [-0.25, -0.2) is 15.0 Å². The number of carbonyl (C=O) groups excluding carboxylic acids is 1. The largest absolute Gasteiger partial charge is 0.356 e. The third-order valence-electron chi connectivity index (χ3n) is 6.09. The highest BCUT2D eigenvalue weighted by atomic mass is 16.2. The summed E-state index contributed by atoms with van der Waals surface area (Å²) >= 11 is 0. The summed E-state index contributed by atoms with van der Waals surface area (Å²) in [5.74, 6) is 3.10. The van der Waals surface area contributed by atoms with Crippen LogP contribution in [0, 0.1) is 11.8 Å². The number of nitrogens with zero attached hydrogens (tertiary/aromatic N) is 7. The molecule has 2 aliphatic rings. The van der Waals surface area contributed by atoms with E-state index >= 15 is 0 Å². The average molecular weight is 412 g/mol. The van der Waals surface area contributed by atoms with E-state index in [-0.39, 0.29) is 5.91 Å². The summed E-state index contributed by atoms with van der Waals surface area (Å²) in [6.45, 7) is 13.3. The molecule has 2 aromatic rings. The van der Waals surface area contributed by atoms with Crippen LogP contribution in [0.2, 0.25) is 0 Å². The maximum Gasteiger partial charge on any atom is 0.274 e. The predicted molar refractivity (Wildman–Crippen MR) is 117 cm³/mol. The second kappa shape index (κ2) is 9.12. The lowest BCUT2D eigenvalue weighted by atomic mass is 9.99. The average Bonchev–Trinajstić information content (AvgIpc) is 3.24. The lowest BCUT2D eigenvalue weighted by Crippen LogP contribution is -2.49. The van der Waals surface area contributed by atoms with Gasteiger partial charge in [-0.15, -0.1) is 0 Å². The fourth-order valence-corrected chi connectivity index (χ4v) is 4.26. The summed E-state index contributed by atoms with van der Waals surface area (Å²) in [5.41, 5.74) is 0.472. The fraction of sp³-hybridized carbons (Fsp3) is 0.636. The van der Waals surface area contributed by atoms with Gasteiger partial charge in [-0.05, 0) is 24.7 Å². The van der Waals surface area contributed by atoms with Crippen LogP contribution in [0.15, 0.2) is 24.9 Å². The van der Waals surface area contributed by atoms with Crippen molar-refractivity contribution in [3.8, 4) is 5.82 Å². The molecule has 8 heteroatoms. The van der Waals surface area contributed by atoms with Gasteiger partial charge in [0.15, 0.2) is 0 Å². The van der Waals surface area contributed by atoms with Crippen molar-refractivity contribution in [3.05, 3.63) is 30.6 Å². The number of piperazine rings is 1. The summed E-state index contributed by atoms with van der Waals surface area (Å²) < 4.78 is 1.82. The number of amides is 1. The highest BCUT2D eigenvalue weighted by Crippen LogP contribution is 2.22. The first kappa shape index (κ1) is 20.8. The molecule has 2 aromatic heterocycles. The second-order valence-corrected chi connectivity index (χ2v) is 9.06. The summed E-state index contributed by atoms with van der Waals surface area (Å²) in [4.78, 5) is 32.8. The standard InChI is InChI=1S/C22H33N7O/c1-17(2)13-26-8-10-28(11-9-26)22(30)19-14-29(16-25-19)21-12-20(23-15-24-21)27-6-4-18(3)5-7-27/h12,14-18H,4-11,13H2,1-3H3. The first-order chi connectivity index (χ1) is 14.5. The second-order valence-electron chi connectivity index (χ2n) is 9.06. The van der Waals surface area contributed by atoms with E-state index in [1.165, 1.54) is 12.8 Å². The lowest BCUT2D eigenvalue weighted by Gasteiger charge is -2.35. The van der Waals surface area contributed by atoms with Crippen molar-refractivity contribution < 1.29 is 4.79 Å². The number of hydrogen-bond acceptors (Lipinski definition) is 6. The van der Waals surface area contributed by atoms with Gasteiger partial charge in [-0.3, -0.25) is 14.3 Å². The minimum atomic E-state index is -0.00255. The molecule has 2 aliphatic heterocycles. The number of rotatable bonds is 5. The van der Waals surface area contributed by atoms with Gasteiger partial charge in [-0.1, -0.05) is 20.8 Å².